The van der Waals surface area contributed by atoms with E-state index in [9.17, 15) is 5.11 Å². The Bertz CT molecular complexity index is 382. The summed E-state index contributed by atoms with van der Waals surface area (Å²) in [6.07, 6.45) is 5.82. The first-order chi connectivity index (χ1) is 8.48. The van der Waals surface area contributed by atoms with Crippen LogP contribution < -0.4 is 5.32 Å². The summed E-state index contributed by atoms with van der Waals surface area (Å²) in [7, 11) is 0. The Hall–Kier alpha value is -0.800. The fourth-order valence-corrected chi connectivity index (χ4v) is 2.97. The molecule has 2 atom stereocenters. The van der Waals surface area contributed by atoms with Gasteiger partial charge in [0, 0.05) is 24.6 Å². The zero-order valence-corrected chi connectivity index (χ0v) is 11.7. The molecular formula is C15H25NO2. The van der Waals surface area contributed by atoms with Gasteiger partial charge in [-0.25, -0.2) is 0 Å². The highest BCUT2D eigenvalue weighted by molar-refractivity contribution is 5.24. The summed E-state index contributed by atoms with van der Waals surface area (Å²) in [5.74, 6) is 1.15. The van der Waals surface area contributed by atoms with E-state index in [1.807, 2.05) is 6.92 Å². The van der Waals surface area contributed by atoms with Gasteiger partial charge in [-0.1, -0.05) is 13.8 Å². The van der Waals surface area contributed by atoms with Crippen molar-refractivity contribution in [2.45, 2.75) is 58.6 Å². The smallest absolute Gasteiger partial charge is 0.108 e. The van der Waals surface area contributed by atoms with E-state index in [1.165, 1.54) is 18.4 Å². The van der Waals surface area contributed by atoms with Gasteiger partial charge in [-0.2, -0.15) is 0 Å². The molecule has 1 aromatic heterocycles. The van der Waals surface area contributed by atoms with Crippen LogP contribution in [0, 0.1) is 5.41 Å². The highest BCUT2D eigenvalue weighted by Gasteiger charge is 2.26. The standard InChI is InChI=1S/C15H25NO2/c1-11(17)9-15(2,3)10-16-13-5-4-6-14-12(13)7-8-18-14/h7-8,11,13,16-17H,4-6,9-10H2,1-3H3/t11-,13-/m1/s1. The first-order valence-electron chi connectivity index (χ1n) is 6.96. The maximum Gasteiger partial charge on any atom is 0.108 e. The molecule has 3 heteroatoms. The summed E-state index contributed by atoms with van der Waals surface area (Å²) in [6, 6.07) is 2.51. The van der Waals surface area contributed by atoms with Crippen molar-refractivity contribution >= 4 is 0 Å². The van der Waals surface area contributed by atoms with Gasteiger partial charge < -0.3 is 14.8 Å². The summed E-state index contributed by atoms with van der Waals surface area (Å²) in [5, 5.41) is 13.1. The van der Waals surface area contributed by atoms with Crippen LogP contribution in [0.1, 0.15) is 57.4 Å². The number of aliphatic hydroxyl groups is 1. The van der Waals surface area contributed by atoms with Crippen molar-refractivity contribution in [3.8, 4) is 0 Å². The summed E-state index contributed by atoms with van der Waals surface area (Å²) >= 11 is 0. The van der Waals surface area contributed by atoms with E-state index < -0.39 is 0 Å². The summed E-state index contributed by atoms with van der Waals surface area (Å²) < 4.78 is 5.50. The predicted molar refractivity (Wildman–Crippen MR) is 72.5 cm³/mol. The third-order valence-electron chi connectivity index (χ3n) is 3.73. The van der Waals surface area contributed by atoms with Gasteiger partial charge in [-0.15, -0.1) is 0 Å². The molecule has 1 aliphatic rings. The monoisotopic (exact) mass is 251 g/mol. The quantitative estimate of drug-likeness (QED) is 0.845. The Morgan fingerprint density at radius 2 is 2.33 bits per heavy atom. The fourth-order valence-electron chi connectivity index (χ4n) is 2.97. The molecule has 0 saturated carbocycles. The zero-order valence-electron chi connectivity index (χ0n) is 11.7. The van der Waals surface area contributed by atoms with Gasteiger partial charge in [0.05, 0.1) is 12.4 Å². The van der Waals surface area contributed by atoms with Gasteiger partial charge >= 0.3 is 0 Å². The maximum atomic E-state index is 9.51. The highest BCUT2D eigenvalue weighted by Crippen LogP contribution is 2.31. The van der Waals surface area contributed by atoms with Crippen molar-refractivity contribution in [2.75, 3.05) is 6.54 Å². The van der Waals surface area contributed by atoms with Gasteiger partial charge in [0.2, 0.25) is 0 Å². The molecule has 102 valence electrons. The van der Waals surface area contributed by atoms with Gasteiger partial charge in [-0.05, 0) is 37.7 Å². The Balaban J connectivity index is 1.92. The van der Waals surface area contributed by atoms with Crippen LogP contribution in [-0.4, -0.2) is 17.8 Å². The average molecular weight is 251 g/mol. The van der Waals surface area contributed by atoms with Crippen molar-refractivity contribution in [1.29, 1.82) is 0 Å². The molecule has 2 N–H and O–H groups in total. The summed E-state index contributed by atoms with van der Waals surface area (Å²) in [4.78, 5) is 0. The summed E-state index contributed by atoms with van der Waals surface area (Å²) in [5.41, 5.74) is 1.45. The highest BCUT2D eigenvalue weighted by atomic mass is 16.3. The normalized spacial score (nSPS) is 21.7. The Morgan fingerprint density at radius 3 is 3.06 bits per heavy atom. The van der Waals surface area contributed by atoms with Crippen molar-refractivity contribution in [1.82, 2.24) is 5.32 Å². The molecule has 1 aromatic rings. The van der Waals surface area contributed by atoms with E-state index in [-0.39, 0.29) is 11.5 Å². The number of aliphatic hydroxyl groups excluding tert-OH is 1. The largest absolute Gasteiger partial charge is 0.469 e. The Kier molecular flexibility index (Phi) is 4.13. The van der Waals surface area contributed by atoms with Gasteiger partial charge in [-0.3, -0.25) is 0 Å². The Morgan fingerprint density at radius 1 is 1.56 bits per heavy atom. The van der Waals surface area contributed by atoms with Crippen LogP contribution in [0.2, 0.25) is 0 Å². The topological polar surface area (TPSA) is 45.4 Å². The second kappa shape index (κ2) is 5.45. The lowest BCUT2D eigenvalue weighted by Gasteiger charge is -2.30. The number of nitrogens with one attached hydrogen (secondary N) is 1. The number of rotatable bonds is 5. The number of hydrogen-bond acceptors (Lipinski definition) is 3. The van der Waals surface area contributed by atoms with E-state index in [4.69, 9.17) is 4.42 Å². The van der Waals surface area contributed by atoms with Gasteiger partial charge in [0.15, 0.2) is 0 Å². The molecule has 18 heavy (non-hydrogen) atoms. The molecular weight excluding hydrogens is 226 g/mol. The lowest BCUT2D eigenvalue weighted by Crippen LogP contribution is -2.35. The first-order valence-corrected chi connectivity index (χ1v) is 6.96. The van der Waals surface area contributed by atoms with Crippen molar-refractivity contribution in [2.24, 2.45) is 5.41 Å². The molecule has 0 amide bonds. The van der Waals surface area contributed by atoms with Crippen molar-refractivity contribution < 1.29 is 9.52 Å². The molecule has 0 fully saturated rings. The van der Waals surface area contributed by atoms with E-state index in [2.05, 4.69) is 25.2 Å². The molecule has 0 radical (unpaired) electrons. The number of hydrogen-bond donors (Lipinski definition) is 2. The first kappa shape index (κ1) is 13.6. The van der Waals surface area contributed by atoms with Crippen LogP contribution in [0.5, 0.6) is 0 Å². The molecule has 1 aliphatic carbocycles. The van der Waals surface area contributed by atoms with E-state index in [0.29, 0.717) is 6.04 Å². The van der Waals surface area contributed by atoms with Crippen molar-refractivity contribution in [3.63, 3.8) is 0 Å². The third-order valence-corrected chi connectivity index (χ3v) is 3.73. The number of aryl methyl sites for hydroxylation is 1. The molecule has 3 nitrogen and oxygen atoms in total. The lowest BCUT2D eigenvalue weighted by molar-refractivity contribution is 0.125. The van der Waals surface area contributed by atoms with Gasteiger partial charge in [0.1, 0.15) is 5.76 Å². The lowest BCUT2D eigenvalue weighted by atomic mass is 9.85. The minimum absolute atomic E-state index is 0.121. The molecule has 0 spiro atoms. The average Bonchev–Trinajstić information content (AvgIpc) is 2.72. The van der Waals surface area contributed by atoms with Crippen LogP contribution >= 0.6 is 0 Å². The van der Waals surface area contributed by atoms with Crippen LogP contribution in [0.4, 0.5) is 0 Å². The molecule has 0 unspecified atom stereocenters. The van der Waals surface area contributed by atoms with Crippen LogP contribution in [0.25, 0.3) is 0 Å². The predicted octanol–water partition coefficient (Wildman–Crippen LogP) is 3.04. The van der Waals surface area contributed by atoms with Crippen LogP contribution in [-0.2, 0) is 6.42 Å². The molecule has 0 aliphatic heterocycles. The summed E-state index contributed by atoms with van der Waals surface area (Å²) in [6.45, 7) is 7.18. The minimum Gasteiger partial charge on any atom is -0.469 e. The van der Waals surface area contributed by atoms with E-state index >= 15 is 0 Å². The fraction of sp³-hybridized carbons (Fsp3) is 0.733. The van der Waals surface area contributed by atoms with Crippen LogP contribution in [0.3, 0.4) is 0 Å². The van der Waals surface area contributed by atoms with Gasteiger partial charge in [0.25, 0.3) is 0 Å². The van der Waals surface area contributed by atoms with E-state index in [1.54, 1.807) is 6.26 Å². The van der Waals surface area contributed by atoms with Crippen LogP contribution in [0.15, 0.2) is 16.7 Å². The SMILES string of the molecule is C[C@@H](O)CC(C)(C)CN[C@@H]1CCCc2occc21. The molecule has 0 aromatic carbocycles. The molecule has 0 saturated heterocycles. The minimum atomic E-state index is -0.238. The molecule has 0 bridgehead atoms. The van der Waals surface area contributed by atoms with Crippen molar-refractivity contribution in [3.05, 3.63) is 23.7 Å². The third kappa shape index (κ3) is 3.36. The Labute approximate surface area is 110 Å². The number of fused-ring (bicyclic) bond motifs is 1. The maximum absolute atomic E-state index is 9.51. The molecule has 2 rings (SSSR count). The van der Waals surface area contributed by atoms with E-state index in [0.717, 1.165) is 25.1 Å². The number of furan rings is 1. The zero-order chi connectivity index (χ0) is 13.2. The second-order valence-corrected chi connectivity index (χ2v) is 6.34. The molecule has 1 heterocycles. The second-order valence-electron chi connectivity index (χ2n) is 6.34.